The minimum absolute atomic E-state index is 0.00230. The van der Waals surface area contributed by atoms with Gasteiger partial charge in [-0.05, 0) is 19.1 Å². The summed E-state index contributed by atoms with van der Waals surface area (Å²) in [7, 11) is 0. The molecule has 7 heteroatoms. The normalized spacial score (nSPS) is 10.3. The molecule has 0 saturated carbocycles. The number of rotatable bonds is 4. The Hall–Kier alpha value is -2.57. The summed E-state index contributed by atoms with van der Waals surface area (Å²) in [6.45, 7) is 2.53. The van der Waals surface area contributed by atoms with Gasteiger partial charge in [0.15, 0.2) is 11.6 Å². The van der Waals surface area contributed by atoms with Gasteiger partial charge in [0, 0.05) is 30.6 Å². The molecule has 2 N–H and O–H groups in total. The van der Waals surface area contributed by atoms with Gasteiger partial charge in [-0.1, -0.05) is 0 Å². The molecule has 0 aliphatic rings. The molecule has 0 radical (unpaired) electrons. The Labute approximate surface area is 119 Å². The van der Waals surface area contributed by atoms with E-state index in [9.17, 15) is 18.0 Å². The van der Waals surface area contributed by atoms with Gasteiger partial charge in [0.2, 0.25) is 0 Å². The largest absolute Gasteiger partial charge is 0.385 e. The quantitative estimate of drug-likeness (QED) is 0.852. The summed E-state index contributed by atoms with van der Waals surface area (Å²) in [4.78, 5) is 15.8. The van der Waals surface area contributed by atoms with Crippen LogP contribution in [0.3, 0.4) is 0 Å². The van der Waals surface area contributed by atoms with E-state index >= 15 is 0 Å². The first-order valence-electron chi connectivity index (χ1n) is 6.17. The van der Waals surface area contributed by atoms with Crippen LogP contribution in [0.1, 0.15) is 17.4 Å². The van der Waals surface area contributed by atoms with E-state index in [0.29, 0.717) is 24.4 Å². The fraction of sp³-hybridized carbons (Fsp3) is 0.143. The number of nitrogens with one attached hydrogen (secondary N) is 2. The number of aromatic nitrogens is 1. The van der Waals surface area contributed by atoms with Crippen molar-refractivity contribution in [1.29, 1.82) is 0 Å². The van der Waals surface area contributed by atoms with E-state index in [0.717, 1.165) is 0 Å². The zero-order valence-corrected chi connectivity index (χ0v) is 11.1. The van der Waals surface area contributed by atoms with Gasteiger partial charge in [-0.25, -0.2) is 13.2 Å². The summed E-state index contributed by atoms with van der Waals surface area (Å²) in [6, 6.07) is 4.20. The highest BCUT2D eigenvalue weighted by Gasteiger charge is 2.15. The number of carbonyl (C=O) groups is 1. The van der Waals surface area contributed by atoms with Crippen molar-refractivity contribution in [3.8, 4) is 0 Å². The van der Waals surface area contributed by atoms with Crippen LogP contribution in [0.5, 0.6) is 0 Å². The molecule has 0 atom stereocenters. The zero-order chi connectivity index (χ0) is 15.4. The Morgan fingerprint density at radius 2 is 2.00 bits per heavy atom. The first kappa shape index (κ1) is 14.8. The SMILES string of the molecule is CCNc1ccnc(C(=O)Nc2cc(F)cc(F)c2F)c1. The van der Waals surface area contributed by atoms with Gasteiger partial charge in [-0.2, -0.15) is 0 Å². The highest BCUT2D eigenvalue weighted by atomic mass is 19.2. The monoisotopic (exact) mass is 295 g/mol. The second-order valence-corrected chi connectivity index (χ2v) is 4.16. The molecular formula is C14H12F3N3O. The van der Waals surface area contributed by atoms with Crippen LogP contribution in [0.25, 0.3) is 0 Å². The van der Waals surface area contributed by atoms with Gasteiger partial charge < -0.3 is 10.6 Å². The molecule has 1 aromatic heterocycles. The zero-order valence-electron chi connectivity index (χ0n) is 11.1. The Bertz CT molecular complexity index is 677. The number of nitrogens with zero attached hydrogens (tertiary/aromatic N) is 1. The van der Waals surface area contributed by atoms with Crippen LogP contribution in [-0.4, -0.2) is 17.4 Å². The van der Waals surface area contributed by atoms with Crippen molar-refractivity contribution in [3.05, 3.63) is 53.6 Å². The lowest BCUT2D eigenvalue weighted by molar-refractivity contribution is 0.102. The highest BCUT2D eigenvalue weighted by molar-refractivity contribution is 6.03. The van der Waals surface area contributed by atoms with E-state index in [1.165, 1.54) is 12.3 Å². The molecule has 0 saturated heterocycles. The van der Waals surface area contributed by atoms with Crippen molar-refractivity contribution in [2.75, 3.05) is 17.2 Å². The minimum atomic E-state index is -1.38. The lowest BCUT2D eigenvalue weighted by Gasteiger charge is -2.08. The van der Waals surface area contributed by atoms with Crippen molar-refractivity contribution in [2.45, 2.75) is 6.92 Å². The molecular weight excluding hydrogens is 283 g/mol. The molecule has 4 nitrogen and oxygen atoms in total. The van der Waals surface area contributed by atoms with Gasteiger partial charge in [0.1, 0.15) is 11.5 Å². The van der Waals surface area contributed by atoms with E-state index < -0.39 is 29.0 Å². The molecule has 0 bridgehead atoms. The van der Waals surface area contributed by atoms with Crippen LogP contribution in [-0.2, 0) is 0 Å². The average Bonchev–Trinajstić information content (AvgIpc) is 2.45. The maximum Gasteiger partial charge on any atom is 0.274 e. The molecule has 110 valence electrons. The topological polar surface area (TPSA) is 54.0 Å². The summed E-state index contributed by atoms with van der Waals surface area (Å²) in [5, 5.41) is 5.08. The molecule has 1 heterocycles. The maximum absolute atomic E-state index is 13.5. The summed E-state index contributed by atoms with van der Waals surface area (Å²) >= 11 is 0. The molecule has 0 spiro atoms. The summed E-state index contributed by atoms with van der Waals surface area (Å²) < 4.78 is 39.6. The fourth-order valence-electron chi connectivity index (χ4n) is 1.70. The van der Waals surface area contributed by atoms with E-state index in [4.69, 9.17) is 0 Å². The summed E-state index contributed by atoms with van der Waals surface area (Å²) in [5.74, 6) is -4.45. The number of anilines is 2. The lowest BCUT2D eigenvalue weighted by atomic mass is 10.2. The standard InChI is InChI=1S/C14H12F3N3O/c1-2-18-9-3-4-19-12(7-9)14(21)20-11-6-8(15)5-10(16)13(11)17/h3-7H,2H2,1H3,(H,18,19)(H,20,21). The second kappa shape index (κ2) is 6.25. The highest BCUT2D eigenvalue weighted by Crippen LogP contribution is 2.20. The van der Waals surface area contributed by atoms with Crippen LogP contribution >= 0.6 is 0 Å². The predicted octanol–water partition coefficient (Wildman–Crippen LogP) is 3.18. The molecule has 1 aromatic carbocycles. The number of pyridine rings is 1. The molecule has 21 heavy (non-hydrogen) atoms. The molecule has 0 aliphatic carbocycles. The average molecular weight is 295 g/mol. The van der Waals surface area contributed by atoms with E-state index in [1.807, 2.05) is 6.92 Å². The minimum Gasteiger partial charge on any atom is -0.385 e. The third kappa shape index (κ3) is 3.50. The molecule has 0 aliphatic heterocycles. The number of amides is 1. The number of halogens is 3. The van der Waals surface area contributed by atoms with Gasteiger partial charge in [0.05, 0.1) is 5.69 Å². The van der Waals surface area contributed by atoms with Crippen molar-refractivity contribution < 1.29 is 18.0 Å². The third-order valence-electron chi connectivity index (χ3n) is 2.61. The Morgan fingerprint density at radius 3 is 2.71 bits per heavy atom. The van der Waals surface area contributed by atoms with Crippen LogP contribution in [0.15, 0.2) is 30.5 Å². The number of hydrogen-bond donors (Lipinski definition) is 2. The van der Waals surface area contributed by atoms with E-state index in [-0.39, 0.29) is 5.69 Å². The fourth-order valence-corrected chi connectivity index (χ4v) is 1.70. The maximum atomic E-state index is 13.5. The Morgan fingerprint density at radius 1 is 1.24 bits per heavy atom. The van der Waals surface area contributed by atoms with Gasteiger partial charge in [-0.15, -0.1) is 0 Å². The summed E-state index contributed by atoms with van der Waals surface area (Å²) in [6.07, 6.45) is 1.40. The second-order valence-electron chi connectivity index (χ2n) is 4.16. The molecule has 2 rings (SSSR count). The van der Waals surface area contributed by atoms with Gasteiger partial charge >= 0.3 is 0 Å². The van der Waals surface area contributed by atoms with Crippen LogP contribution in [0.2, 0.25) is 0 Å². The van der Waals surface area contributed by atoms with Crippen molar-refractivity contribution in [1.82, 2.24) is 4.98 Å². The molecule has 0 unspecified atom stereocenters. The molecule has 0 fully saturated rings. The Kier molecular flexibility index (Phi) is 4.42. The number of hydrogen-bond acceptors (Lipinski definition) is 3. The van der Waals surface area contributed by atoms with Gasteiger partial charge in [-0.3, -0.25) is 9.78 Å². The third-order valence-corrected chi connectivity index (χ3v) is 2.61. The first-order valence-corrected chi connectivity index (χ1v) is 6.17. The van der Waals surface area contributed by atoms with Crippen molar-refractivity contribution >= 4 is 17.3 Å². The lowest BCUT2D eigenvalue weighted by Crippen LogP contribution is -2.15. The predicted molar refractivity (Wildman–Crippen MR) is 72.7 cm³/mol. The van der Waals surface area contributed by atoms with Crippen LogP contribution in [0, 0.1) is 17.5 Å². The van der Waals surface area contributed by atoms with Crippen LogP contribution in [0.4, 0.5) is 24.5 Å². The van der Waals surface area contributed by atoms with Crippen molar-refractivity contribution in [2.24, 2.45) is 0 Å². The Balaban J connectivity index is 2.24. The van der Waals surface area contributed by atoms with E-state index in [2.05, 4.69) is 15.6 Å². The smallest absolute Gasteiger partial charge is 0.274 e. The number of benzene rings is 1. The van der Waals surface area contributed by atoms with E-state index in [1.54, 1.807) is 6.07 Å². The first-order chi connectivity index (χ1) is 10.0. The van der Waals surface area contributed by atoms with Crippen molar-refractivity contribution in [3.63, 3.8) is 0 Å². The van der Waals surface area contributed by atoms with Gasteiger partial charge in [0.25, 0.3) is 5.91 Å². The molecule has 1 amide bonds. The number of carbonyl (C=O) groups excluding carboxylic acids is 1. The van der Waals surface area contributed by atoms with Crippen LogP contribution < -0.4 is 10.6 Å². The molecule has 2 aromatic rings. The summed E-state index contributed by atoms with van der Waals surface area (Å²) in [5.41, 5.74) is 0.0780.